The molecule has 1 aliphatic heterocycles. The predicted molar refractivity (Wildman–Crippen MR) is 108 cm³/mol. The zero-order valence-corrected chi connectivity index (χ0v) is 17.0. The van der Waals surface area contributed by atoms with Gasteiger partial charge >= 0.3 is 12.0 Å². The number of rotatable bonds is 6. The molecule has 0 saturated carbocycles. The highest BCUT2D eigenvalue weighted by Crippen LogP contribution is 2.38. The molecule has 1 fully saturated rings. The number of nitrogens with one attached hydrogen (secondary N) is 1. The third-order valence-electron chi connectivity index (χ3n) is 4.57. The van der Waals surface area contributed by atoms with E-state index in [4.69, 9.17) is 14.2 Å². The van der Waals surface area contributed by atoms with Gasteiger partial charge in [0.25, 0.3) is 5.91 Å². The monoisotopic (exact) mass is 411 g/mol. The Morgan fingerprint density at radius 1 is 1.10 bits per heavy atom. The number of nitrogens with zero attached hydrogens (tertiary/aromatic N) is 2. The smallest absolute Gasteiger partial charge is 0.346 e. The van der Waals surface area contributed by atoms with Crippen LogP contribution in [0.15, 0.2) is 47.6 Å². The largest absolute Gasteiger partial charge is 0.493 e. The number of imide groups is 1. The van der Waals surface area contributed by atoms with Crippen molar-refractivity contribution in [2.45, 2.75) is 19.4 Å². The fraction of sp³-hybridized carbons (Fsp3) is 0.238. The first-order valence-electron chi connectivity index (χ1n) is 9.00. The fourth-order valence-corrected chi connectivity index (χ4v) is 3.04. The molecule has 9 heteroatoms. The van der Waals surface area contributed by atoms with Crippen LogP contribution in [-0.4, -0.2) is 43.4 Å². The minimum absolute atomic E-state index is 0.122. The molecule has 1 atom stereocenters. The molecule has 156 valence electrons. The highest BCUT2D eigenvalue weighted by Gasteiger charge is 2.49. The second kappa shape index (κ2) is 8.24. The molecule has 1 heterocycles. The van der Waals surface area contributed by atoms with E-state index >= 15 is 0 Å². The van der Waals surface area contributed by atoms with Crippen LogP contribution in [0.25, 0.3) is 0 Å². The summed E-state index contributed by atoms with van der Waals surface area (Å²) < 4.78 is 15.7. The van der Waals surface area contributed by atoms with Gasteiger partial charge in [-0.1, -0.05) is 30.3 Å². The quantitative estimate of drug-likeness (QED) is 0.339. The average molecular weight is 411 g/mol. The molecular formula is C21H21N3O6. The van der Waals surface area contributed by atoms with Crippen LogP contribution in [-0.2, 0) is 15.1 Å². The predicted octanol–water partition coefficient (Wildman–Crippen LogP) is 2.43. The molecule has 3 rings (SSSR count). The number of urea groups is 1. The number of hydrazone groups is 1. The van der Waals surface area contributed by atoms with E-state index < -0.39 is 23.4 Å². The van der Waals surface area contributed by atoms with Gasteiger partial charge in [0, 0.05) is 12.5 Å². The Balaban J connectivity index is 1.91. The van der Waals surface area contributed by atoms with Gasteiger partial charge in [-0.3, -0.25) is 9.59 Å². The maximum Gasteiger partial charge on any atom is 0.346 e. The Hall–Kier alpha value is -3.88. The zero-order chi connectivity index (χ0) is 21.9. The fourth-order valence-electron chi connectivity index (χ4n) is 3.04. The van der Waals surface area contributed by atoms with Crippen molar-refractivity contribution in [3.63, 3.8) is 0 Å². The van der Waals surface area contributed by atoms with Crippen molar-refractivity contribution >= 4 is 24.1 Å². The molecule has 1 aliphatic rings. The third-order valence-corrected chi connectivity index (χ3v) is 4.57. The SMILES string of the molecule is COc1cc(/C=N\N2C(=O)N[C@@](C)(c3ccccc3)C2=O)cc(OC)c1OC(C)=O. The maximum atomic E-state index is 12.9. The lowest BCUT2D eigenvalue weighted by Crippen LogP contribution is -2.40. The summed E-state index contributed by atoms with van der Waals surface area (Å²) in [6.45, 7) is 2.88. The Labute approximate surface area is 173 Å². The first-order valence-corrected chi connectivity index (χ1v) is 9.00. The molecule has 2 aromatic rings. The van der Waals surface area contributed by atoms with E-state index in [9.17, 15) is 14.4 Å². The van der Waals surface area contributed by atoms with Crippen LogP contribution in [0.2, 0.25) is 0 Å². The van der Waals surface area contributed by atoms with E-state index in [1.54, 1.807) is 43.3 Å². The molecule has 0 spiro atoms. The standard InChI is InChI=1S/C21H21N3O6/c1-13(25)30-18-16(28-3)10-14(11-17(18)29-4)12-22-24-19(26)21(2,23-20(24)27)15-8-6-5-7-9-15/h5-12H,1-4H3,(H,23,27)/b22-12-/t21-/m0/s1. The lowest BCUT2D eigenvalue weighted by molar-refractivity contribution is -0.132. The van der Waals surface area contributed by atoms with Gasteiger partial charge in [0.2, 0.25) is 5.75 Å². The number of benzene rings is 2. The maximum absolute atomic E-state index is 12.9. The van der Waals surface area contributed by atoms with Gasteiger partial charge < -0.3 is 19.5 Å². The summed E-state index contributed by atoms with van der Waals surface area (Å²) >= 11 is 0. The van der Waals surface area contributed by atoms with Gasteiger partial charge in [-0.2, -0.15) is 5.10 Å². The number of carbonyl (C=O) groups is 3. The summed E-state index contributed by atoms with van der Waals surface area (Å²) in [5.41, 5.74) is -0.104. The van der Waals surface area contributed by atoms with Crippen molar-refractivity contribution in [1.82, 2.24) is 10.3 Å². The van der Waals surface area contributed by atoms with Crippen LogP contribution in [0.4, 0.5) is 4.79 Å². The molecule has 9 nitrogen and oxygen atoms in total. The number of esters is 1. The zero-order valence-electron chi connectivity index (χ0n) is 17.0. The van der Waals surface area contributed by atoms with Gasteiger partial charge in [0.15, 0.2) is 11.5 Å². The van der Waals surface area contributed by atoms with Crippen LogP contribution in [0.1, 0.15) is 25.0 Å². The van der Waals surface area contributed by atoms with E-state index in [0.29, 0.717) is 11.1 Å². The summed E-state index contributed by atoms with van der Waals surface area (Å²) in [5.74, 6) is -0.455. The summed E-state index contributed by atoms with van der Waals surface area (Å²) in [7, 11) is 2.82. The number of carbonyl (C=O) groups excluding carboxylic acids is 3. The average Bonchev–Trinajstić information content (AvgIpc) is 2.96. The molecule has 0 radical (unpaired) electrons. The Kier molecular flexibility index (Phi) is 5.72. The van der Waals surface area contributed by atoms with Crippen LogP contribution in [0.5, 0.6) is 17.2 Å². The Morgan fingerprint density at radius 2 is 1.70 bits per heavy atom. The number of ether oxygens (including phenoxy) is 3. The van der Waals surface area contributed by atoms with Crippen molar-refractivity contribution in [2.75, 3.05) is 14.2 Å². The van der Waals surface area contributed by atoms with Crippen LogP contribution in [0, 0.1) is 0 Å². The number of hydrogen-bond acceptors (Lipinski definition) is 7. The molecule has 0 aromatic heterocycles. The second-order valence-electron chi connectivity index (χ2n) is 6.63. The van der Waals surface area contributed by atoms with E-state index in [1.165, 1.54) is 27.4 Å². The van der Waals surface area contributed by atoms with E-state index in [2.05, 4.69) is 10.4 Å². The van der Waals surface area contributed by atoms with Crippen molar-refractivity contribution < 1.29 is 28.6 Å². The normalized spacial score (nSPS) is 18.5. The highest BCUT2D eigenvalue weighted by atomic mass is 16.6. The molecule has 0 bridgehead atoms. The number of hydrogen-bond donors (Lipinski definition) is 1. The molecule has 1 N–H and O–H groups in total. The van der Waals surface area contributed by atoms with Gasteiger partial charge in [0.1, 0.15) is 5.54 Å². The Bertz CT molecular complexity index is 996. The number of methoxy groups -OCH3 is 2. The summed E-state index contributed by atoms with van der Waals surface area (Å²) in [4.78, 5) is 36.6. The molecule has 1 saturated heterocycles. The first kappa shape index (κ1) is 20.8. The molecule has 0 aliphatic carbocycles. The minimum atomic E-state index is -1.22. The van der Waals surface area contributed by atoms with Gasteiger partial charge in [0.05, 0.1) is 20.4 Å². The van der Waals surface area contributed by atoms with E-state index in [-0.39, 0.29) is 17.2 Å². The van der Waals surface area contributed by atoms with Crippen LogP contribution in [0.3, 0.4) is 0 Å². The number of amides is 3. The lowest BCUT2D eigenvalue weighted by Gasteiger charge is -2.20. The topological polar surface area (TPSA) is 107 Å². The second-order valence-corrected chi connectivity index (χ2v) is 6.63. The lowest BCUT2D eigenvalue weighted by atomic mass is 9.92. The highest BCUT2D eigenvalue weighted by molar-refractivity contribution is 6.07. The van der Waals surface area contributed by atoms with Gasteiger partial charge in [-0.25, -0.2) is 4.79 Å². The van der Waals surface area contributed by atoms with Crippen LogP contribution >= 0.6 is 0 Å². The molecule has 30 heavy (non-hydrogen) atoms. The summed E-state index contributed by atoms with van der Waals surface area (Å²) in [6.07, 6.45) is 1.32. The molecular weight excluding hydrogens is 390 g/mol. The molecule has 3 amide bonds. The van der Waals surface area contributed by atoms with Crippen molar-refractivity contribution in [1.29, 1.82) is 0 Å². The molecule has 0 unspecified atom stereocenters. The third kappa shape index (κ3) is 3.82. The van der Waals surface area contributed by atoms with Crippen LogP contribution < -0.4 is 19.5 Å². The van der Waals surface area contributed by atoms with Crippen molar-refractivity contribution in [3.8, 4) is 17.2 Å². The van der Waals surface area contributed by atoms with Crippen molar-refractivity contribution in [2.24, 2.45) is 5.10 Å². The summed E-state index contributed by atoms with van der Waals surface area (Å²) in [5, 5.41) is 7.49. The first-order chi connectivity index (χ1) is 14.3. The summed E-state index contributed by atoms with van der Waals surface area (Å²) in [6, 6.07) is 11.4. The van der Waals surface area contributed by atoms with E-state index in [0.717, 1.165) is 5.01 Å². The van der Waals surface area contributed by atoms with Gasteiger partial charge in [-0.15, -0.1) is 5.01 Å². The Morgan fingerprint density at radius 3 is 2.23 bits per heavy atom. The minimum Gasteiger partial charge on any atom is -0.493 e. The van der Waals surface area contributed by atoms with E-state index in [1.807, 2.05) is 6.07 Å². The van der Waals surface area contributed by atoms with Gasteiger partial charge in [-0.05, 0) is 24.6 Å². The van der Waals surface area contributed by atoms with Crippen molar-refractivity contribution in [3.05, 3.63) is 53.6 Å². The molecule has 2 aromatic carbocycles.